The lowest BCUT2D eigenvalue weighted by Gasteiger charge is -2.15. The molecule has 2 aromatic rings. The van der Waals surface area contributed by atoms with E-state index in [2.05, 4.69) is 0 Å². The van der Waals surface area contributed by atoms with Crippen LogP contribution in [0.2, 0.25) is 10.0 Å². The minimum absolute atomic E-state index is 0.502. The predicted molar refractivity (Wildman–Crippen MR) is 81.0 cm³/mol. The van der Waals surface area contributed by atoms with Crippen LogP contribution >= 0.6 is 23.2 Å². The van der Waals surface area contributed by atoms with Gasteiger partial charge in [-0.2, -0.15) is 0 Å². The molecule has 0 aliphatic heterocycles. The topological polar surface area (TPSA) is 20.2 Å². The van der Waals surface area contributed by atoms with Crippen LogP contribution in [0.15, 0.2) is 36.4 Å². The molecule has 1 nitrogen and oxygen atoms in total. The lowest BCUT2D eigenvalue weighted by molar-refractivity contribution is 0.178. The van der Waals surface area contributed by atoms with Gasteiger partial charge in [-0.05, 0) is 54.3 Å². The summed E-state index contributed by atoms with van der Waals surface area (Å²) in [5.41, 5.74) is 3.95. The van der Waals surface area contributed by atoms with Crippen LogP contribution in [0.5, 0.6) is 0 Å². The number of benzene rings is 2. The largest absolute Gasteiger partial charge is 0.388 e. The zero-order chi connectivity index (χ0) is 14.0. The Kier molecular flexibility index (Phi) is 4.51. The van der Waals surface area contributed by atoms with Crippen molar-refractivity contribution in [3.63, 3.8) is 0 Å². The first-order chi connectivity index (χ1) is 8.97. The second-order valence-corrected chi connectivity index (χ2v) is 5.66. The van der Waals surface area contributed by atoms with Gasteiger partial charge in [0.15, 0.2) is 0 Å². The first-order valence-electron chi connectivity index (χ1n) is 6.16. The van der Waals surface area contributed by atoms with Crippen LogP contribution in [-0.2, 0) is 6.42 Å². The molecule has 1 unspecified atom stereocenters. The van der Waals surface area contributed by atoms with E-state index in [0.717, 1.165) is 22.3 Å². The van der Waals surface area contributed by atoms with Crippen molar-refractivity contribution < 1.29 is 5.11 Å². The molecule has 100 valence electrons. The molecular formula is C16H16Cl2O. The van der Waals surface area contributed by atoms with Crippen LogP contribution in [-0.4, -0.2) is 5.11 Å². The van der Waals surface area contributed by atoms with Crippen molar-refractivity contribution in [3.05, 3.63) is 68.7 Å². The third-order valence-electron chi connectivity index (χ3n) is 3.21. The number of hydrogen-bond acceptors (Lipinski definition) is 1. The lowest BCUT2D eigenvalue weighted by Crippen LogP contribution is -2.04. The van der Waals surface area contributed by atoms with Gasteiger partial charge in [-0.25, -0.2) is 0 Å². The number of rotatable bonds is 3. The molecule has 0 fully saturated rings. The average Bonchev–Trinajstić information content (AvgIpc) is 2.32. The molecule has 0 spiro atoms. The average molecular weight is 295 g/mol. The molecule has 2 rings (SSSR count). The van der Waals surface area contributed by atoms with Crippen LogP contribution in [0, 0.1) is 13.8 Å². The third kappa shape index (κ3) is 3.50. The molecule has 0 radical (unpaired) electrons. The van der Waals surface area contributed by atoms with Gasteiger partial charge in [0.2, 0.25) is 0 Å². The summed E-state index contributed by atoms with van der Waals surface area (Å²) in [6, 6.07) is 11.4. The zero-order valence-electron chi connectivity index (χ0n) is 11.0. The van der Waals surface area contributed by atoms with Crippen LogP contribution < -0.4 is 0 Å². The summed E-state index contributed by atoms with van der Waals surface area (Å²) in [6.07, 6.45) is -0.0702. The Morgan fingerprint density at radius 1 is 1.05 bits per heavy atom. The van der Waals surface area contributed by atoms with E-state index in [-0.39, 0.29) is 0 Å². The van der Waals surface area contributed by atoms with Gasteiger partial charge in [0.05, 0.1) is 6.10 Å². The predicted octanol–water partition coefficient (Wildman–Crippen LogP) is 4.89. The van der Waals surface area contributed by atoms with Crippen molar-refractivity contribution in [1.29, 1.82) is 0 Å². The Labute approximate surface area is 123 Å². The summed E-state index contributed by atoms with van der Waals surface area (Å²) in [7, 11) is 0. The summed E-state index contributed by atoms with van der Waals surface area (Å²) in [4.78, 5) is 0. The van der Waals surface area contributed by atoms with Crippen LogP contribution in [0.4, 0.5) is 0 Å². The van der Waals surface area contributed by atoms with Crippen LogP contribution in [0.1, 0.15) is 28.4 Å². The van der Waals surface area contributed by atoms with Crippen molar-refractivity contribution in [1.82, 2.24) is 0 Å². The van der Waals surface area contributed by atoms with Gasteiger partial charge >= 0.3 is 0 Å². The van der Waals surface area contributed by atoms with Gasteiger partial charge in [0, 0.05) is 16.5 Å². The number of aliphatic hydroxyl groups excluding tert-OH is 1. The molecule has 0 saturated carbocycles. The second-order valence-electron chi connectivity index (χ2n) is 4.82. The molecular weight excluding hydrogens is 279 g/mol. The Bertz CT molecular complexity index is 593. The van der Waals surface area contributed by atoms with E-state index >= 15 is 0 Å². The SMILES string of the molecule is Cc1ccc(CC(O)c2ccc(Cl)cc2C)c(Cl)c1. The summed E-state index contributed by atoms with van der Waals surface area (Å²) < 4.78 is 0. The van der Waals surface area contributed by atoms with Crippen LogP contribution in [0.25, 0.3) is 0 Å². The molecule has 1 N–H and O–H groups in total. The molecule has 0 aliphatic carbocycles. The lowest BCUT2D eigenvalue weighted by atomic mass is 9.97. The summed E-state index contributed by atoms with van der Waals surface area (Å²) >= 11 is 12.1. The number of halogens is 2. The highest BCUT2D eigenvalue weighted by Gasteiger charge is 2.13. The Hall–Kier alpha value is -1.02. The standard InChI is InChI=1S/C16H16Cl2O/c1-10-3-4-12(15(18)7-10)9-16(19)14-6-5-13(17)8-11(14)2/h3-8,16,19H,9H2,1-2H3. The maximum atomic E-state index is 10.3. The van der Waals surface area contributed by atoms with E-state index in [9.17, 15) is 5.11 Å². The van der Waals surface area contributed by atoms with Crippen LogP contribution in [0.3, 0.4) is 0 Å². The number of aliphatic hydroxyl groups is 1. The van der Waals surface area contributed by atoms with Gasteiger partial charge in [-0.1, -0.05) is 41.4 Å². The number of aryl methyl sites for hydroxylation is 2. The minimum atomic E-state index is -0.572. The smallest absolute Gasteiger partial charge is 0.0833 e. The highest BCUT2D eigenvalue weighted by molar-refractivity contribution is 6.31. The molecule has 0 bridgehead atoms. The Morgan fingerprint density at radius 3 is 2.42 bits per heavy atom. The van der Waals surface area contributed by atoms with Gasteiger partial charge < -0.3 is 5.11 Å². The van der Waals surface area contributed by atoms with E-state index in [4.69, 9.17) is 23.2 Å². The Balaban J connectivity index is 2.23. The molecule has 1 atom stereocenters. The third-order valence-corrected chi connectivity index (χ3v) is 3.80. The van der Waals surface area contributed by atoms with E-state index in [1.54, 1.807) is 6.07 Å². The van der Waals surface area contributed by atoms with Crippen molar-refractivity contribution in [2.24, 2.45) is 0 Å². The first kappa shape index (κ1) is 14.4. The summed E-state index contributed by atoms with van der Waals surface area (Å²) in [5, 5.41) is 11.7. The molecule has 19 heavy (non-hydrogen) atoms. The molecule has 2 aromatic carbocycles. The molecule has 0 heterocycles. The maximum Gasteiger partial charge on any atom is 0.0833 e. The van der Waals surface area contributed by atoms with Crippen molar-refractivity contribution in [2.75, 3.05) is 0 Å². The fourth-order valence-corrected chi connectivity index (χ4v) is 2.69. The second kappa shape index (κ2) is 5.96. The van der Waals surface area contributed by atoms with Crippen molar-refractivity contribution >= 4 is 23.2 Å². The molecule has 0 aromatic heterocycles. The number of hydrogen-bond donors (Lipinski definition) is 1. The Morgan fingerprint density at radius 2 is 1.79 bits per heavy atom. The normalized spacial score (nSPS) is 12.5. The fourth-order valence-electron chi connectivity index (χ4n) is 2.15. The van der Waals surface area contributed by atoms with Gasteiger partial charge in [-0.15, -0.1) is 0 Å². The first-order valence-corrected chi connectivity index (χ1v) is 6.92. The highest BCUT2D eigenvalue weighted by Crippen LogP contribution is 2.27. The fraction of sp³-hybridized carbons (Fsp3) is 0.250. The molecule has 3 heteroatoms. The van der Waals surface area contributed by atoms with E-state index in [1.165, 1.54) is 0 Å². The molecule has 0 aliphatic rings. The molecule has 0 saturated heterocycles. The van der Waals surface area contributed by atoms with Gasteiger partial charge in [0.25, 0.3) is 0 Å². The van der Waals surface area contributed by atoms with Gasteiger partial charge in [-0.3, -0.25) is 0 Å². The van der Waals surface area contributed by atoms with Crippen molar-refractivity contribution in [3.8, 4) is 0 Å². The summed E-state index contributed by atoms with van der Waals surface area (Å²) in [5.74, 6) is 0. The summed E-state index contributed by atoms with van der Waals surface area (Å²) in [6.45, 7) is 3.94. The zero-order valence-corrected chi connectivity index (χ0v) is 12.5. The van der Waals surface area contributed by atoms with E-state index in [1.807, 2.05) is 44.2 Å². The van der Waals surface area contributed by atoms with E-state index in [0.29, 0.717) is 16.5 Å². The maximum absolute atomic E-state index is 10.3. The highest BCUT2D eigenvalue weighted by atomic mass is 35.5. The van der Waals surface area contributed by atoms with Crippen molar-refractivity contribution in [2.45, 2.75) is 26.4 Å². The molecule has 0 amide bonds. The quantitative estimate of drug-likeness (QED) is 0.855. The minimum Gasteiger partial charge on any atom is -0.388 e. The monoisotopic (exact) mass is 294 g/mol. The van der Waals surface area contributed by atoms with E-state index < -0.39 is 6.10 Å². The van der Waals surface area contributed by atoms with Gasteiger partial charge in [0.1, 0.15) is 0 Å².